The molecule has 1 aromatic carbocycles. The van der Waals surface area contributed by atoms with E-state index in [1.54, 1.807) is 49.1 Å². The van der Waals surface area contributed by atoms with E-state index in [1.165, 1.54) is 13.3 Å². The molecule has 2 aromatic rings. The molecule has 0 fully saturated rings. The number of anilines is 1. The van der Waals surface area contributed by atoms with Crippen LogP contribution in [0.2, 0.25) is 0 Å². The maximum absolute atomic E-state index is 12.5. The van der Waals surface area contributed by atoms with E-state index in [4.69, 9.17) is 18.6 Å². The number of hydrazone groups is 1. The second-order valence-electron chi connectivity index (χ2n) is 7.85. The van der Waals surface area contributed by atoms with E-state index in [-0.39, 0.29) is 18.8 Å². The summed E-state index contributed by atoms with van der Waals surface area (Å²) in [6, 6.07) is 7.17. The van der Waals surface area contributed by atoms with Crippen LogP contribution in [0.25, 0.3) is 0 Å². The van der Waals surface area contributed by atoms with Crippen molar-refractivity contribution >= 4 is 30.0 Å². The fourth-order valence-corrected chi connectivity index (χ4v) is 3.40. The average molecular weight is 500 g/mol. The summed E-state index contributed by atoms with van der Waals surface area (Å²) in [5.74, 6) is 0.700. The SMILES string of the molecule is CCOC(=O)C1=C(C)NC(=O)N[C@@H]1c1ccc(OCC(=O)N/N=C\c2ccc(N(C)C)o2)c(OC)c1. The minimum absolute atomic E-state index is 0.192. The lowest BCUT2D eigenvalue weighted by atomic mass is 9.95. The van der Waals surface area contributed by atoms with Gasteiger partial charge in [0.2, 0.25) is 0 Å². The molecule has 1 aliphatic heterocycles. The highest BCUT2D eigenvalue weighted by Crippen LogP contribution is 2.34. The number of carbonyl (C=O) groups is 3. The van der Waals surface area contributed by atoms with Gasteiger partial charge in [0, 0.05) is 25.9 Å². The lowest BCUT2D eigenvalue weighted by Gasteiger charge is -2.28. The first-order chi connectivity index (χ1) is 17.2. The van der Waals surface area contributed by atoms with Crippen molar-refractivity contribution in [3.63, 3.8) is 0 Å². The Balaban J connectivity index is 1.67. The summed E-state index contributed by atoms with van der Waals surface area (Å²) in [6.07, 6.45) is 1.38. The van der Waals surface area contributed by atoms with Crippen LogP contribution in [0.4, 0.5) is 10.7 Å². The summed E-state index contributed by atoms with van der Waals surface area (Å²) in [5.41, 5.74) is 3.60. The van der Waals surface area contributed by atoms with Crippen molar-refractivity contribution in [2.75, 3.05) is 39.3 Å². The van der Waals surface area contributed by atoms with Crippen molar-refractivity contribution in [1.82, 2.24) is 16.1 Å². The number of hydrogen-bond donors (Lipinski definition) is 3. The van der Waals surface area contributed by atoms with Crippen molar-refractivity contribution in [3.8, 4) is 11.5 Å². The molecule has 1 aliphatic rings. The van der Waals surface area contributed by atoms with Crippen LogP contribution in [-0.2, 0) is 14.3 Å². The van der Waals surface area contributed by atoms with Gasteiger partial charge in [0.1, 0.15) is 5.76 Å². The van der Waals surface area contributed by atoms with Crippen LogP contribution in [0.15, 0.2) is 51.1 Å². The van der Waals surface area contributed by atoms with E-state index in [1.807, 2.05) is 14.1 Å². The van der Waals surface area contributed by atoms with Gasteiger partial charge in [-0.1, -0.05) is 6.07 Å². The molecular formula is C24H29N5O7. The number of furan rings is 1. The quantitative estimate of drug-likeness (QED) is 0.256. The van der Waals surface area contributed by atoms with Gasteiger partial charge >= 0.3 is 12.0 Å². The highest BCUT2D eigenvalue weighted by Gasteiger charge is 2.32. The molecule has 0 saturated carbocycles. The van der Waals surface area contributed by atoms with Crippen LogP contribution in [0.1, 0.15) is 31.2 Å². The number of esters is 1. The number of allylic oxidation sites excluding steroid dienone is 1. The van der Waals surface area contributed by atoms with Crippen LogP contribution in [0, 0.1) is 0 Å². The third-order valence-electron chi connectivity index (χ3n) is 5.08. The number of benzene rings is 1. The summed E-state index contributed by atoms with van der Waals surface area (Å²) in [6.45, 7) is 3.19. The van der Waals surface area contributed by atoms with Gasteiger partial charge in [-0.2, -0.15) is 5.10 Å². The molecule has 0 unspecified atom stereocenters. The molecule has 36 heavy (non-hydrogen) atoms. The Labute approximate surface area is 208 Å². The van der Waals surface area contributed by atoms with Gasteiger partial charge in [-0.05, 0) is 37.6 Å². The molecule has 0 bridgehead atoms. The van der Waals surface area contributed by atoms with Crippen molar-refractivity contribution in [1.29, 1.82) is 0 Å². The molecule has 3 N–H and O–H groups in total. The fraction of sp³-hybridized carbons (Fsp3) is 0.333. The van der Waals surface area contributed by atoms with Gasteiger partial charge in [0.25, 0.3) is 5.91 Å². The Hall–Kier alpha value is -4.48. The third-order valence-corrected chi connectivity index (χ3v) is 5.08. The fourth-order valence-electron chi connectivity index (χ4n) is 3.40. The summed E-state index contributed by atoms with van der Waals surface area (Å²) < 4.78 is 21.6. The number of nitrogens with zero attached hydrogens (tertiary/aromatic N) is 2. The molecule has 3 amide bonds. The predicted molar refractivity (Wildman–Crippen MR) is 131 cm³/mol. The standard InChI is InChI=1S/C24H29N5O7/c1-6-34-23(31)21-14(2)26-24(32)27-22(21)15-7-9-17(18(11-15)33-5)35-13-19(30)28-25-12-16-8-10-20(36-16)29(3)4/h7-12,22H,6,13H2,1-5H3,(H,28,30)(H2,26,27,32)/b25-12-/t22-/m1/s1. The predicted octanol–water partition coefficient (Wildman–Crippen LogP) is 2.07. The van der Waals surface area contributed by atoms with E-state index in [0.29, 0.717) is 34.4 Å². The van der Waals surface area contributed by atoms with E-state index in [9.17, 15) is 14.4 Å². The molecule has 1 aromatic heterocycles. The van der Waals surface area contributed by atoms with Gasteiger partial charge in [0.15, 0.2) is 24.0 Å². The Bertz CT molecular complexity index is 1190. The molecule has 0 radical (unpaired) electrons. The zero-order valence-corrected chi connectivity index (χ0v) is 20.7. The summed E-state index contributed by atoms with van der Waals surface area (Å²) in [4.78, 5) is 38.5. The lowest BCUT2D eigenvalue weighted by Crippen LogP contribution is -2.45. The number of methoxy groups -OCH3 is 1. The first-order valence-electron chi connectivity index (χ1n) is 11.1. The van der Waals surface area contributed by atoms with Crippen molar-refractivity contribution in [3.05, 3.63) is 52.9 Å². The zero-order valence-electron chi connectivity index (χ0n) is 20.7. The van der Waals surface area contributed by atoms with Crippen LogP contribution in [0.3, 0.4) is 0 Å². The zero-order chi connectivity index (χ0) is 26.2. The molecule has 0 aliphatic carbocycles. The Morgan fingerprint density at radius 3 is 2.67 bits per heavy atom. The molecule has 12 nitrogen and oxygen atoms in total. The van der Waals surface area contributed by atoms with Gasteiger partial charge in [-0.25, -0.2) is 15.0 Å². The molecule has 12 heteroatoms. The minimum atomic E-state index is -0.756. The minimum Gasteiger partial charge on any atom is -0.493 e. The van der Waals surface area contributed by atoms with Crippen molar-refractivity contribution < 1.29 is 33.0 Å². The number of nitrogens with one attached hydrogen (secondary N) is 3. The average Bonchev–Trinajstić information content (AvgIpc) is 3.31. The van der Waals surface area contributed by atoms with Gasteiger partial charge < -0.3 is 34.2 Å². The largest absolute Gasteiger partial charge is 0.493 e. The first kappa shape index (κ1) is 26.1. The van der Waals surface area contributed by atoms with Crippen molar-refractivity contribution in [2.24, 2.45) is 5.10 Å². The number of carbonyl (C=O) groups excluding carboxylic acids is 3. The molecule has 2 heterocycles. The number of amides is 3. The highest BCUT2D eigenvalue weighted by molar-refractivity contribution is 5.95. The molecule has 192 valence electrons. The number of ether oxygens (including phenoxy) is 3. The van der Waals surface area contributed by atoms with Crippen LogP contribution in [-0.4, -0.2) is 58.5 Å². The van der Waals surface area contributed by atoms with E-state index in [0.717, 1.165) is 0 Å². The molecule has 0 saturated heterocycles. The van der Waals surface area contributed by atoms with E-state index >= 15 is 0 Å². The second kappa shape index (κ2) is 11.8. The van der Waals surface area contributed by atoms with Crippen LogP contribution < -0.4 is 30.4 Å². The van der Waals surface area contributed by atoms with E-state index < -0.39 is 23.9 Å². The van der Waals surface area contributed by atoms with Crippen LogP contribution in [0.5, 0.6) is 11.5 Å². The van der Waals surface area contributed by atoms with Gasteiger partial charge in [-0.3, -0.25) is 4.79 Å². The topological polar surface area (TPSA) is 144 Å². The molecule has 0 spiro atoms. The Morgan fingerprint density at radius 1 is 1.22 bits per heavy atom. The second-order valence-corrected chi connectivity index (χ2v) is 7.85. The molecular weight excluding hydrogens is 470 g/mol. The lowest BCUT2D eigenvalue weighted by molar-refractivity contribution is -0.139. The summed E-state index contributed by atoms with van der Waals surface area (Å²) in [7, 11) is 5.13. The van der Waals surface area contributed by atoms with Crippen molar-refractivity contribution in [2.45, 2.75) is 19.9 Å². The number of urea groups is 1. The van der Waals surface area contributed by atoms with Gasteiger partial charge in [-0.15, -0.1) is 0 Å². The maximum Gasteiger partial charge on any atom is 0.338 e. The van der Waals surface area contributed by atoms with Crippen LogP contribution >= 0.6 is 0 Å². The maximum atomic E-state index is 12.5. The summed E-state index contributed by atoms with van der Waals surface area (Å²) >= 11 is 0. The van der Waals surface area contributed by atoms with Gasteiger partial charge in [0.05, 0.1) is 31.5 Å². The van der Waals surface area contributed by atoms with E-state index in [2.05, 4.69) is 21.2 Å². The third kappa shape index (κ3) is 6.34. The number of rotatable bonds is 10. The molecule has 1 atom stereocenters. The number of hydrogen-bond acceptors (Lipinski definition) is 9. The normalized spacial score (nSPS) is 15.2. The monoisotopic (exact) mass is 499 g/mol. The molecule has 3 rings (SSSR count). The Morgan fingerprint density at radius 2 is 2.00 bits per heavy atom. The first-order valence-corrected chi connectivity index (χ1v) is 11.1. The smallest absolute Gasteiger partial charge is 0.338 e. The Kier molecular flexibility index (Phi) is 8.55. The summed E-state index contributed by atoms with van der Waals surface area (Å²) in [5, 5.41) is 9.16. The highest BCUT2D eigenvalue weighted by atomic mass is 16.5.